The topological polar surface area (TPSA) is 63.2 Å². The Morgan fingerprint density at radius 1 is 1.04 bits per heavy atom. The summed E-state index contributed by atoms with van der Waals surface area (Å²) in [6.45, 7) is 0.404. The van der Waals surface area contributed by atoms with E-state index in [1.807, 2.05) is 48.5 Å². The van der Waals surface area contributed by atoms with Crippen molar-refractivity contribution in [2.24, 2.45) is 5.92 Å². The van der Waals surface area contributed by atoms with Crippen LogP contribution in [0.15, 0.2) is 54.6 Å². The van der Waals surface area contributed by atoms with Gasteiger partial charge in [-0.05, 0) is 29.5 Å². The molecule has 1 aliphatic heterocycles. The molecule has 1 amide bonds. The van der Waals surface area contributed by atoms with Crippen LogP contribution in [0.25, 0.3) is 11.1 Å². The number of hydrogen-bond donors (Lipinski definition) is 1. The highest BCUT2D eigenvalue weighted by Crippen LogP contribution is 2.23. The van der Waals surface area contributed by atoms with Crippen LogP contribution < -0.4 is 5.32 Å². The lowest BCUT2D eigenvalue weighted by molar-refractivity contribution is 0.0949. The van der Waals surface area contributed by atoms with Crippen molar-refractivity contribution in [1.82, 2.24) is 5.32 Å². The molecule has 4 nitrogen and oxygen atoms in total. The summed E-state index contributed by atoms with van der Waals surface area (Å²) >= 11 is 0. The van der Waals surface area contributed by atoms with E-state index >= 15 is 0 Å². The first-order chi connectivity index (χ1) is 11.1. The Balaban J connectivity index is 1.73. The first-order valence-electron chi connectivity index (χ1n) is 7.68. The summed E-state index contributed by atoms with van der Waals surface area (Å²) in [4.78, 5) is 12.5. The molecule has 1 fully saturated rings. The fourth-order valence-corrected chi connectivity index (χ4v) is 4.78. The minimum atomic E-state index is -2.91. The van der Waals surface area contributed by atoms with Crippen molar-refractivity contribution in [3.05, 3.63) is 60.2 Å². The molecule has 2 aromatic carbocycles. The molecule has 1 saturated heterocycles. The second kappa shape index (κ2) is 6.54. The van der Waals surface area contributed by atoms with Gasteiger partial charge >= 0.3 is 0 Å². The van der Waals surface area contributed by atoms with E-state index < -0.39 is 9.84 Å². The van der Waals surface area contributed by atoms with Gasteiger partial charge in [-0.1, -0.05) is 48.5 Å². The van der Waals surface area contributed by atoms with Gasteiger partial charge in [0.2, 0.25) is 0 Å². The molecule has 0 bridgehead atoms. The largest absolute Gasteiger partial charge is 0.352 e. The van der Waals surface area contributed by atoms with E-state index in [2.05, 4.69) is 5.32 Å². The van der Waals surface area contributed by atoms with E-state index in [4.69, 9.17) is 0 Å². The molecule has 1 N–H and O–H groups in total. The third-order valence-corrected chi connectivity index (χ3v) is 5.97. The van der Waals surface area contributed by atoms with Crippen molar-refractivity contribution >= 4 is 15.7 Å². The van der Waals surface area contributed by atoms with Gasteiger partial charge in [0.15, 0.2) is 9.84 Å². The van der Waals surface area contributed by atoms with E-state index in [0.29, 0.717) is 18.5 Å². The minimum absolute atomic E-state index is 0.0211. The summed E-state index contributed by atoms with van der Waals surface area (Å²) in [5.74, 6) is 0.267. The molecule has 0 radical (unpaired) electrons. The predicted octanol–water partition coefficient (Wildman–Crippen LogP) is 2.52. The summed E-state index contributed by atoms with van der Waals surface area (Å²) in [7, 11) is -2.91. The zero-order chi connectivity index (χ0) is 16.3. The maximum absolute atomic E-state index is 12.5. The number of carbonyl (C=O) groups excluding carboxylic acids is 1. The van der Waals surface area contributed by atoms with Crippen LogP contribution in [0.1, 0.15) is 16.8 Å². The number of sulfone groups is 1. The van der Waals surface area contributed by atoms with Gasteiger partial charge in [-0.25, -0.2) is 8.42 Å². The fourth-order valence-electron chi connectivity index (χ4n) is 2.92. The van der Waals surface area contributed by atoms with E-state index in [9.17, 15) is 13.2 Å². The third-order valence-electron chi connectivity index (χ3n) is 4.13. The summed E-state index contributed by atoms with van der Waals surface area (Å²) < 4.78 is 23.0. The van der Waals surface area contributed by atoms with Gasteiger partial charge < -0.3 is 5.32 Å². The molecule has 2 aromatic rings. The van der Waals surface area contributed by atoms with E-state index in [0.717, 1.165) is 11.1 Å². The van der Waals surface area contributed by atoms with E-state index in [1.54, 1.807) is 6.07 Å². The van der Waals surface area contributed by atoms with Gasteiger partial charge in [0.1, 0.15) is 0 Å². The second-order valence-corrected chi connectivity index (χ2v) is 8.12. The summed E-state index contributed by atoms with van der Waals surface area (Å²) in [5.41, 5.74) is 2.48. The quantitative estimate of drug-likeness (QED) is 0.937. The van der Waals surface area contributed by atoms with Gasteiger partial charge in [-0.15, -0.1) is 0 Å². The maximum Gasteiger partial charge on any atom is 0.251 e. The Morgan fingerprint density at radius 2 is 1.74 bits per heavy atom. The normalized spacial score (nSPS) is 19.4. The Bertz CT molecular complexity index is 800. The van der Waals surface area contributed by atoms with Crippen LogP contribution in [0.4, 0.5) is 0 Å². The number of amides is 1. The number of rotatable bonds is 4. The van der Waals surface area contributed by atoms with Crippen molar-refractivity contribution in [2.75, 3.05) is 18.1 Å². The molecule has 5 heteroatoms. The molecule has 3 rings (SSSR count). The van der Waals surface area contributed by atoms with Gasteiger partial charge in [0, 0.05) is 12.1 Å². The monoisotopic (exact) mass is 329 g/mol. The Labute approximate surface area is 136 Å². The summed E-state index contributed by atoms with van der Waals surface area (Å²) in [6.07, 6.45) is 0.628. The zero-order valence-electron chi connectivity index (χ0n) is 12.7. The van der Waals surface area contributed by atoms with Crippen molar-refractivity contribution in [1.29, 1.82) is 0 Å². The lowest BCUT2D eigenvalue weighted by Crippen LogP contribution is -2.30. The van der Waals surface area contributed by atoms with Crippen LogP contribution in [-0.4, -0.2) is 32.4 Å². The van der Waals surface area contributed by atoms with Crippen LogP contribution in [0.3, 0.4) is 0 Å². The summed E-state index contributed by atoms with van der Waals surface area (Å²) in [5, 5.41) is 2.89. The minimum Gasteiger partial charge on any atom is -0.352 e. The lowest BCUT2D eigenvalue weighted by Gasteiger charge is -2.12. The number of hydrogen-bond acceptors (Lipinski definition) is 3. The molecule has 23 heavy (non-hydrogen) atoms. The van der Waals surface area contributed by atoms with Crippen molar-refractivity contribution in [3.8, 4) is 11.1 Å². The van der Waals surface area contributed by atoms with Gasteiger partial charge in [0.25, 0.3) is 5.91 Å². The van der Waals surface area contributed by atoms with E-state index in [1.165, 1.54) is 0 Å². The van der Waals surface area contributed by atoms with Crippen LogP contribution in [0.2, 0.25) is 0 Å². The lowest BCUT2D eigenvalue weighted by atomic mass is 9.99. The number of carbonyl (C=O) groups is 1. The van der Waals surface area contributed by atoms with Crippen LogP contribution in [0, 0.1) is 5.92 Å². The average Bonchev–Trinajstić information content (AvgIpc) is 2.92. The molecule has 0 aliphatic carbocycles. The first kappa shape index (κ1) is 15.7. The molecule has 0 unspecified atom stereocenters. The Morgan fingerprint density at radius 3 is 2.43 bits per heavy atom. The molecule has 120 valence electrons. The average molecular weight is 329 g/mol. The molecular formula is C18H19NO3S. The van der Waals surface area contributed by atoms with Crippen LogP contribution >= 0.6 is 0 Å². The van der Waals surface area contributed by atoms with Crippen LogP contribution in [0.5, 0.6) is 0 Å². The van der Waals surface area contributed by atoms with E-state index in [-0.39, 0.29) is 23.3 Å². The van der Waals surface area contributed by atoms with Crippen molar-refractivity contribution in [2.45, 2.75) is 6.42 Å². The van der Waals surface area contributed by atoms with Crippen molar-refractivity contribution in [3.63, 3.8) is 0 Å². The second-order valence-electron chi connectivity index (χ2n) is 5.89. The molecule has 1 atom stereocenters. The molecular weight excluding hydrogens is 310 g/mol. The molecule has 0 aromatic heterocycles. The van der Waals surface area contributed by atoms with Gasteiger partial charge in [-0.2, -0.15) is 0 Å². The highest BCUT2D eigenvalue weighted by Gasteiger charge is 2.28. The SMILES string of the molecule is O=C(NC[C@H]1CCS(=O)(=O)C1)c1ccccc1-c1ccccc1. The number of benzene rings is 2. The Hall–Kier alpha value is -2.14. The molecule has 1 heterocycles. The predicted molar refractivity (Wildman–Crippen MR) is 91.0 cm³/mol. The molecule has 1 aliphatic rings. The van der Waals surface area contributed by atoms with Crippen LogP contribution in [-0.2, 0) is 9.84 Å². The highest BCUT2D eigenvalue weighted by molar-refractivity contribution is 7.91. The first-order valence-corrected chi connectivity index (χ1v) is 9.50. The summed E-state index contributed by atoms with van der Waals surface area (Å²) in [6, 6.07) is 17.2. The standard InChI is InChI=1S/C18H19NO3S/c20-18(19-12-14-10-11-23(21,22)13-14)17-9-5-4-8-16(17)15-6-2-1-3-7-15/h1-9,14H,10-13H2,(H,19,20)/t14-/m1/s1. The maximum atomic E-state index is 12.5. The fraction of sp³-hybridized carbons (Fsp3) is 0.278. The van der Waals surface area contributed by atoms with Gasteiger partial charge in [-0.3, -0.25) is 4.79 Å². The zero-order valence-corrected chi connectivity index (χ0v) is 13.6. The number of nitrogens with one attached hydrogen (secondary N) is 1. The third kappa shape index (κ3) is 3.79. The Kier molecular flexibility index (Phi) is 4.48. The molecule has 0 spiro atoms. The molecule has 0 saturated carbocycles. The highest BCUT2D eigenvalue weighted by atomic mass is 32.2. The van der Waals surface area contributed by atoms with Gasteiger partial charge in [0.05, 0.1) is 11.5 Å². The smallest absolute Gasteiger partial charge is 0.251 e. The van der Waals surface area contributed by atoms with Crippen molar-refractivity contribution < 1.29 is 13.2 Å².